The fourth-order valence-corrected chi connectivity index (χ4v) is 2.35. The van der Waals surface area contributed by atoms with Gasteiger partial charge in [0.05, 0.1) is 21.0 Å². The van der Waals surface area contributed by atoms with Crippen molar-refractivity contribution in [2.24, 2.45) is 0 Å². The molecule has 114 valence electrons. The predicted molar refractivity (Wildman–Crippen MR) is 81.1 cm³/mol. The third kappa shape index (κ3) is 3.64. The number of aromatic nitrogens is 3. The third-order valence-electron chi connectivity index (χ3n) is 2.77. The van der Waals surface area contributed by atoms with Gasteiger partial charge in [0, 0.05) is 0 Å². The molecule has 0 aliphatic heterocycles. The molecular formula is C11H14Br2N5O3+. The molecule has 2 rings (SSSR count). The summed E-state index contributed by atoms with van der Waals surface area (Å²) < 4.78 is 6.59. The molecule has 0 bridgehead atoms. The van der Waals surface area contributed by atoms with Crippen LogP contribution in [0, 0.1) is 0 Å². The molecule has 0 aromatic carbocycles. The van der Waals surface area contributed by atoms with E-state index in [1.165, 1.54) is 6.20 Å². The quantitative estimate of drug-likeness (QED) is 0.440. The Morgan fingerprint density at radius 2 is 2.24 bits per heavy atom. The van der Waals surface area contributed by atoms with Crippen LogP contribution in [0.5, 0.6) is 0 Å². The first kappa shape index (κ1) is 16.0. The second-order valence-electron chi connectivity index (χ2n) is 4.25. The van der Waals surface area contributed by atoms with E-state index in [4.69, 9.17) is 10.5 Å². The average molecular weight is 424 g/mol. The van der Waals surface area contributed by atoms with Crippen molar-refractivity contribution in [1.29, 1.82) is 0 Å². The number of aliphatic hydroxyl groups is 1. The molecule has 2 heterocycles. The molecule has 0 amide bonds. The van der Waals surface area contributed by atoms with Crippen LogP contribution in [0.15, 0.2) is 21.3 Å². The minimum Gasteiger partial charge on any atom is -0.448 e. The van der Waals surface area contributed by atoms with Crippen molar-refractivity contribution >= 4 is 43.8 Å². The van der Waals surface area contributed by atoms with Gasteiger partial charge in [0.15, 0.2) is 12.1 Å². The molecule has 0 radical (unpaired) electrons. The van der Waals surface area contributed by atoms with Crippen molar-refractivity contribution in [3.8, 4) is 0 Å². The molecule has 21 heavy (non-hydrogen) atoms. The minimum atomic E-state index is -1.09. The van der Waals surface area contributed by atoms with Crippen LogP contribution in [-0.2, 0) is 4.74 Å². The van der Waals surface area contributed by atoms with E-state index >= 15 is 0 Å². The SMILES string of the molecule is Nc1ncc([C@@H](O)[C@H](C[NH3+])OC(=O)c2cc(Br)c(Br)[nH]2)[nH]1. The molecule has 2 aromatic rings. The maximum atomic E-state index is 12.0. The number of nitrogens with one attached hydrogen (secondary N) is 2. The number of esters is 1. The van der Waals surface area contributed by atoms with Crippen molar-refractivity contribution in [3.63, 3.8) is 0 Å². The second-order valence-corrected chi connectivity index (χ2v) is 5.89. The lowest BCUT2D eigenvalue weighted by atomic mass is 10.1. The highest BCUT2D eigenvalue weighted by molar-refractivity contribution is 9.13. The Hall–Kier alpha value is -1.36. The van der Waals surface area contributed by atoms with Crippen LogP contribution in [0.3, 0.4) is 0 Å². The zero-order valence-corrected chi connectivity index (χ0v) is 13.9. The number of nitrogens with two attached hydrogens (primary N) is 1. The molecule has 0 aliphatic carbocycles. The van der Waals surface area contributed by atoms with E-state index in [1.54, 1.807) is 6.07 Å². The zero-order chi connectivity index (χ0) is 15.6. The molecule has 0 spiro atoms. The van der Waals surface area contributed by atoms with Crippen LogP contribution >= 0.6 is 31.9 Å². The summed E-state index contributed by atoms with van der Waals surface area (Å²) in [5, 5.41) is 10.2. The van der Waals surface area contributed by atoms with Crippen molar-refractivity contribution < 1.29 is 20.4 Å². The van der Waals surface area contributed by atoms with Gasteiger partial charge in [0.1, 0.15) is 18.3 Å². The van der Waals surface area contributed by atoms with Gasteiger partial charge in [-0.1, -0.05) is 0 Å². The maximum Gasteiger partial charge on any atom is 0.355 e. The Bertz CT molecular complexity index is 622. The number of quaternary nitrogens is 1. The number of nitrogens with zero attached hydrogens (tertiary/aromatic N) is 1. The van der Waals surface area contributed by atoms with Crippen molar-refractivity contribution in [3.05, 3.63) is 32.7 Å². The maximum absolute atomic E-state index is 12.0. The Labute approximate surface area is 136 Å². The van der Waals surface area contributed by atoms with E-state index in [2.05, 4.69) is 52.5 Å². The van der Waals surface area contributed by atoms with Crippen LogP contribution in [0.25, 0.3) is 0 Å². The smallest absolute Gasteiger partial charge is 0.355 e. The second kappa shape index (κ2) is 6.60. The molecule has 2 atom stereocenters. The molecule has 0 fully saturated rings. The monoisotopic (exact) mass is 422 g/mol. The number of carbonyl (C=O) groups excluding carboxylic acids is 1. The number of carbonyl (C=O) groups is 1. The lowest BCUT2D eigenvalue weighted by molar-refractivity contribution is -0.388. The van der Waals surface area contributed by atoms with Gasteiger partial charge in [0.2, 0.25) is 0 Å². The number of halogens is 2. The normalized spacial score (nSPS) is 13.9. The molecule has 0 aliphatic rings. The topological polar surface area (TPSA) is 145 Å². The van der Waals surface area contributed by atoms with E-state index in [-0.39, 0.29) is 18.2 Å². The van der Waals surface area contributed by atoms with Crippen molar-refractivity contribution in [2.45, 2.75) is 12.2 Å². The first-order valence-corrected chi connectivity index (χ1v) is 7.53. The first-order chi connectivity index (χ1) is 9.92. The number of aliphatic hydroxyl groups excluding tert-OH is 1. The Morgan fingerprint density at radius 3 is 2.71 bits per heavy atom. The van der Waals surface area contributed by atoms with Crippen LogP contribution < -0.4 is 11.5 Å². The van der Waals surface area contributed by atoms with E-state index in [9.17, 15) is 9.90 Å². The highest BCUT2D eigenvalue weighted by atomic mass is 79.9. The van der Waals surface area contributed by atoms with Gasteiger partial charge >= 0.3 is 5.97 Å². The standard InChI is InChI=1S/C11H13Br2N5O3/c12-4-1-5(17-9(4)13)10(20)21-7(2-14)8(19)6-3-16-11(15)18-6/h1,3,7-8,17,19H,2,14H2,(H3,15,16,18)/p+1/t7-,8+/m0/s1. The number of rotatable bonds is 5. The summed E-state index contributed by atoms with van der Waals surface area (Å²) in [4.78, 5) is 21.3. The van der Waals surface area contributed by atoms with Gasteiger partial charge in [-0.25, -0.2) is 9.78 Å². The van der Waals surface area contributed by atoms with Gasteiger partial charge in [-0.2, -0.15) is 0 Å². The molecule has 0 saturated heterocycles. The van der Waals surface area contributed by atoms with Crippen LogP contribution in [-0.4, -0.2) is 38.7 Å². The predicted octanol–water partition coefficient (Wildman–Crippen LogP) is 0.346. The summed E-state index contributed by atoms with van der Waals surface area (Å²) in [6.45, 7) is 0.189. The molecule has 2 aromatic heterocycles. The number of ether oxygens (including phenoxy) is 1. The van der Waals surface area contributed by atoms with E-state index < -0.39 is 18.2 Å². The lowest BCUT2D eigenvalue weighted by Gasteiger charge is -2.18. The number of aromatic amines is 2. The minimum absolute atomic E-state index is 0.176. The van der Waals surface area contributed by atoms with Crippen LogP contribution in [0.4, 0.5) is 5.95 Å². The summed E-state index contributed by atoms with van der Waals surface area (Å²) in [6.07, 6.45) is -0.519. The van der Waals surface area contributed by atoms with Gasteiger partial charge in [0.25, 0.3) is 0 Å². The average Bonchev–Trinajstić information content (AvgIpc) is 3.02. The van der Waals surface area contributed by atoms with E-state index in [1.807, 2.05) is 0 Å². The molecule has 0 saturated carbocycles. The van der Waals surface area contributed by atoms with Gasteiger partial charge in [-0.3, -0.25) is 0 Å². The molecule has 8 nitrogen and oxygen atoms in total. The number of hydrogen-bond acceptors (Lipinski definition) is 5. The number of nitrogen functional groups attached to an aromatic ring is 1. The Balaban J connectivity index is 2.09. The summed E-state index contributed by atoms with van der Waals surface area (Å²) in [5.74, 6) is -0.419. The first-order valence-electron chi connectivity index (χ1n) is 5.95. The van der Waals surface area contributed by atoms with Crippen LogP contribution in [0.1, 0.15) is 22.3 Å². The van der Waals surface area contributed by atoms with Crippen molar-refractivity contribution in [2.75, 3.05) is 12.3 Å². The summed E-state index contributed by atoms with van der Waals surface area (Å²) >= 11 is 6.50. The zero-order valence-electron chi connectivity index (χ0n) is 10.8. The number of imidazole rings is 1. The highest BCUT2D eigenvalue weighted by Crippen LogP contribution is 2.24. The van der Waals surface area contributed by atoms with Gasteiger partial charge in [-0.15, -0.1) is 0 Å². The Morgan fingerprint density at radius 1 is 1.52 bits per heavy atom. The van der Waals surface area contributed by atoms with E-state index in [0.29, 0.717) is 14.8 Å². The highest BCUT2D eigenvalue weighted by Gasteiger charge is 2.28. The molecule has 10 heteroatoms. The fourth-order valence-electron chi connectivity index (χ4n) is 1.70. The van der Waals surface area contributed by atoms with Gasteiger partial charge in [-0.05, 0) is 37.9 Å². The lowest BCUT2D eigenvalue weighted by Crippen LogP contribution is -2.58. The van der Waals surface area contributed by atoms with E-state index in [0.717, 1.165) is 0 Å². The summed E-state index contributed by atoms with van der Waals surface area (Å²) in [6, 6.07) is 1.58. The summed E-state index contributed by atoms with van der Waals surface area (Å²) in [7, 11) is 0. The number of anilines is 1. The summed E-state index contributed by atoms with van der Waals surface area (Å²) in [5.41, 5.74) is 9.75. The van der Waals surface area contributed by atoms with Crippen molar-refractivity contribution in [1.82, 2.24) is 15.0 Å². The largest absolute Gasteiger partial charge is 0.448 e. The van der Waals surface area contributed by atoms with Gasteiger partial charge < -0.3 is 31.3 Å². The number of H-pyrrole nitrogens is 2. The Kier molecular flexibility index (Phi) is 5.04. The fraction of sp³-hybridized carbons (Fsp3) is 0.273. The molecule has 8 N–H and O–H groups in total. The number of hydrogen-bond donors (Lipinski definition) is 5. The molecular weight excluding hydrogens is 410 g/mol. The third-order valence-corrected chi connectivity index (χ3v) is 4.56. The van der Waals surface area contributed by atoms with Crippen LogP contribution in [0.2, 0.25) is 0 Å². The molecule has 0 unspecified atom stereocenters.